The SMILES string of the molecule is O=C(O)N(CCCc1cccc(F)c1)Cc1cccc([N+](=O)[O-])c1. The molecule has 7 heteroatoms. The zero-order chi connectivity index (χ0) is 17.5. The molecule has 1 N–H and O–H groups in total. The number of halogens is 1. The molecule has 0 spiro atoms. The molecule has 0 fully saturated rings. The Kier molecular flexibility index (Phi) is 5.83. The summed E-state index contributed by atoms with van der Waals surface area (Å²) in [6.07, 6.45) is -0.0120. The van der Waals surface area contributed by atoms with Gasteiger partial charge in [0.2, 0.25) is 0 Å². The Morgan fingerprint density at radius 2 is 1.88 bits per heavy atom. The molecule has 0 atom stereocenters. The minimum atomic E-state index is -1.10. The molecule has 0 aromatic heterocycles. The smallest absolute Gasteiger partial charge is 0.407 e. The number of amides is 1. The second kappa shape index (κ2) is 8.05. The van der Waals surface area contributed by atoms with Crippen LogP contribution in [-0.2, 0) is 13.0 Å². The second-order valence-electron chi connectivity index (χ2n) is 5.36. The number of hydrogen-bond donors (Lipinski definition) is 1. The Morgan fingerprint density at radius 1 is 1.17 bits per heavy atom. The Bertz CT molecular complexity index is 736. The van der Waals surface area contributed by atoms with Crippen molar-refractivity contribution in [3.63, 3.8) is 0 Å². The maximum atomic E-state index is 13.1. The molecule has 6 nitrogen and oxygen atoms in total. The number of nitro benzene ring substituents is 1. The predicted octanol–water partition coefficient (Wildman–Crippen LogP) is 3.85. The summed E-state index contributed by atoms with van der Waals surface area (Å²) in [7, 11) is 0. The van der Waals surface area contributed by atoms with E-state index >= 15 is 0 Å². The average molecular weight is 332 g/mol. The number of nitro groups is 1. The lowest BCUT2D eigenvalue weighted by Gasteiger charge is -2.19. The van der Waals surface area contributed by atoms with Gasteiger partial charge in [0, 0.05) is 25.2 Å². The van der Waals surface area contributed by atoms with Crippen LogP contribution in [0.1, 0.15) is 17.5 Å². The van der Waals surface area contributed by atoms with Crippen LogP contribution < -0.4 is 0 Å². The summed E-state index contributed by atoms with van der Waals surface area (Å²) in [5.41, 5.74) is 1.28. The number of carboxylic acid groups (broad SMARTS) is 1. The van der Waals surface area contributed by atoms with Crippen LogP contribution in [0, 0.1) is 15.9 Å². The molecule has 0 aliphatic heterocycles. The Labute approximate surface area is 138 Å². The summed E-state index contributed by atoms with van der Waals surface area (Å²) in [5, 5.41) is 20.1. The highest BCUT2D eigenvalue weighted by atomic mass is 19.1. The first-order valence-electron chi connectivity index (χ1n) is 7.41. The molecule has 0 heterocycles. The van der Waals surface area contributed by atoms with Crippen LogP contribution >= 0.6 is 0 Å². The molecular formula is C17H17FN2O4. The van der Waals surface area contributed by atoms with E-state index in [4.69, 9.17) is 0 Å². The third kappa shape index (κ3) is 5.05. The van der Waals surface area contributed by atoms with Gasteiger partial charge in [-0.05, 0) is 36.1 Å². The minimum absolute atomic E-state index is 0.0696. The normalized spacial score (nSPS) is 10.4. The van der Waals surface area contributed by atoms with Crippen molar-refractivity contribution in [1.82, 2.24) is 4.90 Å². The third-order valence-corrected chi connectivity index (χ3v) is 3.55. The summed E-state index contributed by atoms with van der Waals surface area (Å²) < 4.78 is 13.1. The fourth-order valence-corrected chi connectivity index (χ4v) is 2.40. The highest BCUT2D eigenvalue weighted by Crippen LogP contribution is 2.15. The van der Waals surface area contributed by atoms with Crippen LogP contribution in [-0.4, -0.2) is 27.6 Å². The monoisotopic (exact) mass is 332 g/mol. The van der Waals surface area contributed by atoms with Crippen LogP contribution in [0.5, 0.6) is 0 Å². The van der Waals surface area contributed by atoms with Crippen molar-refractivity contribution in [3.05, 3.63) is 75.6 Å². The van der Waals surface area contributed by atoms with E-state index in [1.165, 1.54) is 35.2 Å². The van der Waals surface area contributed by atoms with Gasteiger partial charge in [-0.2, -0.15) is 0 Å². The van der Waals surface area contributed by atoms with Crippen molar-refractivity contribution in [2.24, 2.45) is 0 Å². The number of non-ortho nitro benzene ring substituents is 1. The fourth-order valence-electron chi connectivity index (χ4n) is 2.40. The molecule has 0 aliphatic carbocycles. The lowest BCUT2D eigenvalue weighted by molar-refractivity contribution is -0.384. The molecule has 0 saturated carbocycles. The van der Waals surface area contributed by atoms with E-state index in [2.05, 4.69) is 0 Å². The van der Waals surface area contributed by atoms with E-state index < -0.39 is 11.0 Å². The molecule has 0 radical (unpaired) electrons. The molecule has 2 aromatic rings. The topological polar surface area (TPSA) is 83.7 Å². The Hall–Kier alpha value is -2.96. The zero-order valence-corrected chi connectivity index (χ0v) is 12.9. The van der Waals surface area contributed by atoms with Gasteiger partial charge in [0.25, 0.3) is 5.69 Å². The van der Waals surface area contributed by atoms with Crippen molar-refractivity contribution < 1.29 is 19.2 Å². The van der Waals surface area contributed by atoms with Crippen LogP contribution in [0.2, 0.25) is 0 Å². The standard InChI is InChI=1S/C17H17FN2O4/c18-15-7-1-4-13(10-15)6-3-9-19(17(21)22)12-14-5-2-8-16(11-14)20(23)24/h1-2,4-5,7-8,10-11H,3,6,9,12H2,(H,21,22). The Balaban J connectivity index is 1.96. The number of nitrogens with zero attached hydrogens (tertiary/aromatic N) is 2. The van der Waals surface area contributed by atoms with Crippen LogP contribution in [0.4, 0.5) is 14.9 Å². The van der Waals surface area contributed by atoms with E-state index in [0.717, 1.165) is 5.56 Å². The minimum Gasteiger partial charge on any atom is -0.465 e. The van der Waals surface area contributed by atoms with Crippen LogP contribution in [0.25, 0.3) is 0 Å². The van der Waals surface area contributed by atoms with Gasteiger partial charge in [0.15, 0.2) is 0 Å². The summed E-state index contributed by atoms with van der Waals surface area (Å²) in [6, 6.07) is 12.1. The molecule has 0 bridgehead atoms. The van der Waals surface area contributed by atoms with Gasteiger partial charge in [-0.1, -0.05) is 24.3 Å². The van der Waals surface area contributed by atoms with Gasteiger partial charge >= 0.3 is 6.09 Å². The van der Waals surface area contributed by atoms with Gasteiger partial charge < -0.3 is 10.0 Å². The molecule has 0 aliphatic rings. The summed E-state index contributed by atoms with van der Waals surface area (Å²) in [6.45, 7) is 0.328. The number of aryl methyl sites for hydroxylation is 1. The number of hydrogen-bond acceptors (Lipinski definition) is 3. The van der Waals surface area contributed by atoms with Crippen LogP contribution in [0.3, 0.4) is 0 Å². The fraction of sp³-hybridized carbons (Fsp3) is 0.235. The molecular weight excluding hydrogens is 315 g/mol. The maximum absolute atomic E-state index is 13.1. The number of rotatable bonds is 7. The van der Waals surface area contributed by atoms with Crippen LogP contribution in [0.15, 0.2) is 48.5 Å². The van der Waals surface area contributed by atoms with Crippen molar-refractivity contribution in [2.75, 3.05) is 6.54 Å². The molecule has 0 unspecified atom stereocenters. The van der Waals surface area contributed by atoms with Crippen molar-refractivity contribution in [1.29, 1.82) is 0 Å². The molecule has 126 valence electrons. The highest BCUT2D eigenvalue weighted by molar-refractivity contribution is 5.65. The summed E-state index contributed by atoms with van der Waals surface area (Å²) >= 11 is 0. The largest absolute Gasteiger partial charge is 0.465 e. The molecule has 2 aromatic carbocycles. The molecule has 1 amide bonds. The van der Waals surface area contributed by atoms with Gasteiger partial charge in [-0.3, -0.25) is 10.1 Å². The first-order chi connectivity index (χ1) is 11.5. The number of carbonyl (C=O) groups is 1. The first kappa shape index (κ1) is 17.4. The second-order valence-corrected chi connectivity index (χ2v) is 5.36. The first-order valence-corrected chi connectivity index (χ1v) is 7.41. The summed E-state index contributed by atoms with van der Waals surface area (Å²) in [4.78, 5) is 22.8. The van der Waals surface area contributed by atoms with E-state index in [1.807, 2.05) is 0 Å². The molecule has 2 rings (SSSR count). The van der Waals surface area contributed by atoms with Gasteiger partial charge in [-0.25, -0.2) is 9.18 Å². The Morgan fingerprint density at radius 3 is 2.54 bits per heavy atom. The van der Waals surface area contributed by atoms with Gasteiger partial charge in [0.05, 0.1) is 4.92 Å². The van der Waals surface area contributed by atoms with Gasteiger partial charge in [0.1, 0.15) is 5.82 Å². The summed E-state index contributed by atoms with van der Waals surface area (Å²) in [5.74, 6) is -0.320. The predicted molar refractivity (Wildman–Crippen MR) is 86.3 cm³/mol. The lowest BCUT2D eigenvalue weighted by atomic mass is 10.1. The van der Waals surface area contributed by atoms with E-state index in [1.54, 1.807) is 18.2 Å². The lowest BCUT2D eigenvalue weighted by Crippen LogP contribution is -2.30. The quantitative estimate of drug-likeness (QED) is 0.616. The highest BCUT2D eigenvalue weighted by Gasteiger charge is 2.14. The van der Waals surface area contributed by atoms with Gasteiger partial charge in [-0.15, -0.1) is 0 Å². The van der Waals surface area contributed by atoms with Crippen molar-refractivity contribution in [2.45, 2.75) is 19.4 Å². The van der Waals surface area contributed by atoms with E-state index in [0.29, 0.717) is 18.4 Å². The number of benzene rings is 2. The maximum Gasteiger partial charge on any atom is 0.407 e. The zero-order valence-electron chi connectivity index (χ0n) is 12.9. The molecule has 0 saturated heterocycles. The van der Waals surface area contributed by atoms with Crippen molar-refractivity contribution in [3.8, 4) is 0 Å². The van der Waals surface area contributed by atoms with E-state index in [-0.39, 0.29) is 24.6 Å². The average Bonchev–Trinajstić information content (AvgIpc) is 2.54. The third-order valence-electron chi connectivity index (χ3n) is 3.55. The molecule has 24 heavy (non-hydrogen) atoms. The van der Waals surface area contributed by atoms with E-state index in [9.17, 15) is 24.4 Å². The van der Waals surface area contributed by atoms with Crippen molar-refractivity contribution >= 4 is 11.8 Å².